The van der Waals surface area contributed by atoms with Crippen LogP contribution in [-0.4, -0.2) is 33.3 Å². The Kier molecular flexibility index (Phi) is 7.44. The first-order valence-corrected chi connectivity index (χ1v) is 10.6. The van der Waals surface area contributed by atoms with Crippen molar-refractivity contribution in [2.45, 2.75) is 12.8 Å². The van der Waals surface area contributed by atoms with Gasteiger partial charge in [-0.3, -0.25) is 10.5 Å². The number of oxime groups is 1. The molecule has 0 unspecified atom stereocenters. The predicted molar refractivity (Wildman–Crippen MR) is 125 cm³/mol. The Balaban J connectivity index is 1.52. The fraction of sp³-hybridized carbons (Fsp3) is 0.125. The molecule has 4 aromatic rings. The van der Waals surface area contributed by atoms with Gasteiger partial charge in [-0.25, -0.2) is 15.4 Å². The van der Waals surface area contributed by atoms with Crippen LogP contribution in [0.3, 0.4) is 0 Å². The number of benzene rings is 2. The summed E-state index contributed by atoms with van der Waals surface area (Å²) in [5.41, 5.74) is 2.38. The van der Waals surface area contributed by atoms with Gasteiger partial charge >= 0.3 is 12.2 Å². The molecule has 4 N–H and O–H groups in total. The summed E-state index contributed by atoms with van der Waals surface area (Å²) < 4.78 is 54.9. The van der Waals surface area contributed by atoms with Crippen molar-refractivity contribution in [3.8, 4) is 22.8 Å². The fourth-order valence-corrected chi connectivity index (χ4v) is 3.23. The largest absolute Gasteiger partial charge is 0.497 e. The Morgan fingerprint density at radius 2 is 1.78 bits per heavy atom. The third kappa shape index (κ3) is 6.08. The van der Waals surface area contributed by atoms with Gasteiger partial charge < -0.3 is 19.1 Å². The highest BCUT2D eigenvalue weighted by Crippen LogP contribution is 2.32. The number of oxazole rings is 1. The number of anilines is 2. The molecule has 0 saturated carbocycles. The number of aromatic nitrogens is 2. The van der Waals surface area contributed by atoms with Gasteiger partial charge in [-0.05, 0) is 35.9 Å². The van der Waals surface area contributed by atoms with E-state index < -0.39 is 11.7 Å². The molecule has 0 aliphatic heterocycles. The smallest absolute Gasteiger partial charge is 0.416 e. The quantitative estimate of drug-likeness (QED) is 0.108. The Labute approximate surface area is 208 Å². The van der Waals surface area contributed by atoms with Crippen molar-refractivity contribution in [3.05, 3.63) is 83.7 Å². The third-order valence-corrected chi connectivity index (χ3v) is 5.12. The van der Waals surface area contributed by atoms with E-state index in [1.54, 1.807) is 24.7 Å². The first-order chi connectivity index (χ1) is 17.8. The number of amidine groups is 1. The second kappa shape index (κ2) is 10.9. The zero-order valence-electron chi connectivity index (χ0n) is 19.2. The SMILES string of the molecule is COc1ccc(COc2cnc(Nc3ncc(-c4ccc(C(F)(F)F)cc4)o3)cc2C(=NO)NO)cc1. The normalized spacial score (nSPS) is 11.8. The van der Waals surface area contributed by atoms with Crippen molar-refractivity contribution in [3.63, 3.8) is 0 Å². The van der Waals surface area contributed by atoms with Crippen LogP contribution in [0.15, 0.2) is 76.6 Å². The van der Waals surface area contributed by atoms with Gasteiger partial charge in [0.15, 0.2) is 11.6 Å². The van der Waals surface area contributed by atoms with Crippen LogP contribution in [0.5, 0.6) is 11.5 Å². The minimum Gasteiger partial charge on any atom is -0.497 e. The third-order valence-electron chi connectivity index (χ3n) is 5.12. The van der Waals surface area contributed by atoms with Crippen LogP contribution in [0.2, 0.25) is 0 Å². The molecule has 0 fully saturated rings. The standard InChI is InChI=1S/C24H20F3N5O5/c1-35-17-8-2-14(3-9-17)13-36-20-12-28-21(10-18(20)22(31-33)32-34)30-23-29-11-19(37-23)15-4-6-16(7-5-15)24(25,26)27/h2-12,33-34H,13H2,1H3,(H,31,32)(H,28,29,30). The van der Waals surface area contributed by atoms with E-state index in [0.717, 1.165) is 17.7 Å². The van der Waals surface area contributed by atoms with E-state index in [4.69, 9.17) is 13.9 Å². The molecule has 0 saturated heterocycles. The van der Waals surface area contributed by atoms with Gasteiger partial charge in [-0.1, -0.05) is 29.4 Å². The first-order valence-electron chi connectivity index (χ1n) is 10.6. The Hall–Kier alpha value is -4.78. The monoisotopic (exact) mass is 515 g/mol. The van der Waals surface area contributed by atoms with E-state index >= 15 is 0 Å². The highest BCUT2D eigenvalue weighted by Gasteiger charge is 2.30. The van der Waals surface area contributed by atoms with Gasteiger partial charge in [0.1, 0.15) is 23.9 Å². The summed E-state index contributed by atoms with van der Waals surface area (Å²) in [5, 5.41) is 24.5. The topological polar surface area (TPSA) is 134 Å². The maximum absolute atomic E-state index is 12.8. The number of halogens is 3. The highest BCUT2D eigenvalue weighted by atomic mass is 19.4. The maximum Gasteiger partial charge on any atom is 0.416 e. The summed E-state index contributed by atoms with van der Waals surface area (Å²) >= 11 is 0. The van der Waals surface area contributed by atoms with Crippen molar-refractivity contribution in [1.82, 2.24) is 15.4 Å². The lowest BCUT2D eigenvalue weighted by Gasteiger charge is -2.13. The molecular formula is C24H20F3N5O5. The lowest BCUT2D eigenvalue weighted by atomic mass is 10.1. The zero-order valence-corrected chi connectivity index (χ0v) is 19.2. The number of nitrogens with zero attached hydrogens (tertiary/aromatic N) is 3. The number of ether oxygens (including phenoxy) is 2. The number of rotatable bonds is 8. The van der Waals surface area contributed by atoms with Gasteiger partial charge in [0.05, 0.1) is 30.6 Å². The van der Waals surface area contributed by atoms with Crippen LogP contribution in [0.4, 0.5) is 25.0 Å². The lowest BCUT2D eigenvalue weighted by molar-refractivity contribution is -0.137. The number of hydroxylamine groups is 1. The number of methoxy groups -OCH3 is 1. The lowest BCUT2D eigenvalue weighted by Crippen LogP contribution is -2.21. The Bertz CT molecular complexity index is 1370. The van der Waals surface area contributed by atoms with Crippen molar-refractivity contribution in [2.24, 2.45) is 5.16 Å². The molecule has 0 aliphatic rings. The van der Waals surface area contributed by atoms with E-state index in [9.17, 15) is 23.6 Å². The van der Waals surface area contributed by atoms with Crippen molar-refractivity contribution in [2.75, 3.05) is 12.4 Å². The van der Waals surface area contributed by atoms with Crippen LogP contribution >= 0.6 is 0 Å². The molecule has 192 valence electrons. The van der Waals surface area contributed by atoms with Crippen LogP contribution < -0.4 is 20.3 Å². The molecule has 10 nitrogen and oxygen atoms in total. The average Bonchev–Trinajstić information content (AvgIpc) is 3.37. The van der Waals surface area contributed by atoms with E-state index in [1.807, 2.05) is 12.1 Å². The summed E-state index contributed by atoms with van der Waals surface area (Å²) in [6.45, 7) is 0.145. The van der Waals surface area contributed by atoms with Gasteiger partial charge in [0.2, 0.25) is 0 Å². The first kappa shape index (κ1) is 25.3. The summed E-state index contributed by atoms with van der Waals surface area (Å²) in [4.78, 5) is 8.28. The zero-order chi connectivity index (χ0) is 26.4. The molecule has 13 heteroatoms. The molecule has 4 rings (SSSR count). The predicted octanol–water partition coefficient (Wildman–Crippen LogP) is 5.20. The second-order valence-corrected chi connectivity index (χ2v) is 7.49. The second-order valence-electron chi connectivity index (χ2n) is 7.49. The van der Waals surface area contributed by atoms with Crippen molar-refractivity contribution in [1.29, 1.82) is 0 Å². The van der Waals surface area contributed by atoms with E-state index in [1.165, 1.54) is 30.6 Å². The molecule has 0 bridgehead atoms. The summed E-state index contributed by atoms with van der Waals surface area (Å²) in [6, 6.07) is 13.0. The average molecular weight is 515 g/mol. The van der Waals surface area contributed by atoms with Gasteiger partial charge in [0.25, 0.3) is 0 Å². The van der Waals surface area contributed by atoms with Crippen LogP contribution in [0.1, 0.15) is 16.7 Å². The minimum absolute atomic E-state index is 0.000283. The highest BCUT2D eigenvalue weighted by molar-refractivity contribution is 6.00. The van der Waals surface area contributed by atoms with Crippen LogP contribution in [0.25, 0.3) is 11.3 Å². The van der Waals surface area contributed by atoms with Crippen molar-refractivity contribution >= 4 is 17.7 Å². The Morgan fingerprint density at radius 1 is 1.05 bits per heavy atom. The van der Waals surface area contributed by atoms with Crippen LogP contribution in [0, 0.1) is 0 Å². The molecule has 2 heterocycles. The van der Waals surface area contributed by atoms with E-state index in [-0.39, 0.29) is 41.3 Å². The van der Waals surface area contributed by atoms with Crippen molar-refractivity contribution < 1.29 is 37.5 Å². The molecular weight excluding hydrogens is 495 g/mol. The maximum atomic E-state index is 12.8. The van der Waals surface area contributed by atoms with Crippen LogP contribution in [-0.2, 0) is 12.8 Å². The summed E-state index contributed by atoms with van der Waals surface area (Å²) in [7, 11) is 1.56. The minimum atomic E-state index is -4.44. The molecule has 37 heavy (non-hydrogen) atoms. The van der Waals surface area contributed by atoms with E-state index in [2.05, 4.69) is 20.4 Å². The van der Waals surface area contributed by atoms with E-state index in [0.29, 0.717) is 11.3 Å². The fourth-order valence-electron chi connectivity index (χ4n) is 3.23. The molecule has 0 spiro atoms. The molecule has 2 aromatic heterocycles. The molecule has 0 amide bonds. The van der Waals surface area contributed by atoms with Gasteiger partial charge in [-0.2, -0.15) is 13.2 Å². The number of hydrogen-bond acceptors (Lipinski definition) is 9. The molecule has 0 atom stereocenters. The number of alkyl halides is 3. The molecule has 0 aliphatic carbocycles. The van der Waals surface area contributed by atoms with Gasteiger partial charge in [-0.15, -0.1) is 0 Å². The summed E-state index contributed by atoms with van der Waals surface area (Å²) in [6.07, 6.45) is -1.77. The Morgan fingerprint density at radius 3 is 2.41 bits per heavy atom. The molecule has 0 radical (unpaired) electrons. The number of hydrogen-bond donors (Lipinski definition) is 4. The number of pyridine rings is 1. The van der Waals surface area contributed by atoms with Gasteiger partial charge in [0, 0.05) is 5.56 Å². The summed E-state index contributed by atoms with van der Waals surface area (Å²) in [5.74, 6) is 0.977. The molecule has 2 aromatic carbocycles. The number of nitrogens with one attached hydrogen (secondary N) is 2.